The second-order valence-corrected chi connectivity index (χ2v) is 13.7. The fraction of sp³-hybridized carbons (Fsp3) is 0.541. The van der Waals surface area contributed by atoms with Crippen LogP contribution in [0.15, 0.2) is 66.2 Å². The average Bonchev–Trinajstić information content (AvgIpc) is 3.45. The van der Waals surface area contributed by atoms with E-state index in [2.05, 4.69) is 41.8 Å². The maximum Gasteiger partial charge on any atom is 0.338 e. The maximum atomic E-state index is 14.2. The summed E-state index contributed by atoms with van der Waals surface area (Å²) in [6, 6.07) is 15.8. The Balaban J connectivity index is 1.64. The van der Waals surface area contributed by atoms with Gasteiger partial charge in [0.15, 0.2) is 5.79 Å². The van der Waals surface area contributed by atoms with Gasteiger partial charge in [0.1, 0.15) is 24.4 Å². The Morgan fingerprint density at radius 1 is 1.00 bits per heavy atom. The van der Waals surface area contributed by atoms with Crippen LogP contribution in [0, 0.1) is 3.57 Å². The molecule has 4 atom stereocenters. The average molecular weight is 761 g/mol. The van der Waals surface area contributed by atoms with E-state index in [-0.39, 0.29) is 31.4 Å². The summed E-state index contributed by atoms with van der Waals surface area (Å²) in [6.45, 7) is 4.19. The lowest BCUT2D eigenvalue weighted by Gasteiger charge is -2.33. The van der Waals surface area contributed by atoms with Crippen LogP contribution in [0.1, 0.15) is 87.6 Å². The molecule has 0 unspecified atom stereocenters. The van der Waals surface area contributed by atoms with Crippen molar-refractivity contribution in [2.75, 3.05) is 20.2 Å². The highest BCUT2D eigenvalue weighted by Gasteiger charge is 2.52. The van der Waals surface area contributed by atoms with Crippen molar-refractivity contribution in [1.29, 1.82) is 0 Å². The molecule has 2 aromatic rings. The molecule has 4 rings (SSSR count). The minimum atomic E-state index is -0.828. The molecule has 0 aromatic heterocycles. The summed E-state index contributed by atoms with van der Waals surface area (Å²) >= 11 is 2.19. The fourth-order valence-electron chi connectivity index (χ4n) is 6.29. The minimum absolute atomic E-state index is 0.0818. The third-order valence-corrected chi connectivity index (χ3v) is 9.61. The van der Waals surface area contributed by atoms with E-state index in [4.69, 9.17) is 14.2 Å². The number of fused-ring (bicyclic) bond motifs is 1. The van der Waals surface area contributed by atoms with Crippen molar-refractivity contribution >= 4 is 40.4 Å². The normalized spacial score (nSPS) is 20.5. The van der Waals surface area contributed by atoms with Gasteiger partial charge in [0.05, 0.1) is 12.2 Å². The van der Waals surface area contributed by atoms with Crippen molar-refractivity contribution in [3.8, 4) is 0 Å². The van der Waals surface area contributed by atoms with E-state index >= 15 is 0 Å². The van der Waals surface area contributed by atoms with Crippen molar-refractivity contribution in [2.24, 2.45) is 0 Å². The summed E-state index contributed by atoms with van der Waals surface area (Å²) in [7, 11) is 1.61. The number of carbonyl (C=O) groups is 3. The lowest BCUT2D eigenvalue weighted by Crippen LogP contribution is -2.51. The summed E-state index contributed by atoms with van der Waals surface area (Å²) in [6.07, 6.45) is 7.85. The monoisotopic (exact) mass is 760 g/mol. The van der Waals surface area contributed by atoms with Crippen LogP contribution in [-0.4, -0.2) is 78.1 Å². The summed E-state index contributed by atoms with van der Waals surface area (Å²) in [4.78, 5) is 42.3. The van der Waals surface area contributed by atoms with Crippen molar-refractivity contribution in [2.45, 2.75) is 108 Å². The third kappa shape index (κ3) is 10.1. The Hall–Kier alpha value is -2.80. The number of nitrogens with one attached hydrogen (secondary N) is 1. The molecule has 0 radical (unpaired) electrons. The van der Waals surface area contributed by atoms with Gasteiger partial charge in [-0.2, -0.15) is 0 Å². The molecular weight excluding hydrogens is 711 g/mol. The van der Waals surface area contributed by atoms with Gasteiger partial charge in [-0.1, -0.05) is 69.9 Å². The van der Waals surface area contributed by atoms with Crippen LogP contribution >= 0.6 is 22.6 Å². The highest BCUT2D eigenvalue weighted by atomic mass is 127. The minimum Gasteiger partial charge on any atom is -0.456 e. The van der Waals surface area contributed by atoms with Gasteiger partial charge in [-0.05, 0) is 71.3 Å². The van der Waals surface area contributed by atoms with Gasteiger partial charge >= 0.3 is 5.97 Å². The molecule has 0 spiro atoms. The number of ether oxygens (including phenoxy) is 3. The number of rotatable bonds is 17. The first kappa shape index (κ1) is 37.0. The standard InChI is InChI=1S/C37H49IN2O7/c1-4-6-11-19-37(20-12-7-5-2)46-32-25-28(24-31(33(32)47-37)45-36(44)27-15-17-29(38)18-16-27)35(43)40(3)30(34(42)39-21-22-41)23-26-13-9-8-10-14-26/h8-10,13-18,25,30-33,41H,4-7,11-12,19-24H2,1-3H3,(H,39,42)/t30-,31-,32-,33+/m1/s1. The van der Waals surface area contributed by atoms with Crippen LogP contribution in [0.3, 0.4) is 0 Å². The number of aliphatic hydroxyl groups excluding tert-OH is 1. The Morgan fingerprint density at radius 3 is 2.28 bits per heavy atom. The number of hydrogen-bond donors (Lipinski definition) is 2. The first-order valence-electron chi connectivity index (χ1n) is 16.9. The molecule has 2 N–H and O–H groups in total. The Bertz CT molecular complexity index is 1340. The molecule has 1 aliphatic carbocycles. The number of amides is 2. The number of carbonyl (C=O) groups excluding carboxylic acids is 3. The molecule has 2 amide bonds. The van der Waals surface area contributed by atoms with E-state index in [1.165, 1.54) is 4.90 Å². The largest absolute Gasteiger partial charge is 0.456 e. The van der Waals surface area contributed by atoms with Gasteiger partial charge in [0, 0.05) is 48.4 Å². The quantitative estimate of drug-likeness (QED) is 0.116. The maximum absolute atomic E-state index is 14.2. The van der Waals surface area contributed by atoms with Gasteiger partial charge in [0.2, 0.25) is 11.8 Å². The molecular formula is C37H49IN2O7. The summed E-state index contributed by atoms with van der Waals surface area (Å²) in [5.74, 6) is -2.03. The van der Waals surface area contributed by atoms with Crippen molar-refractivity contribution in [3.05, 3.63) is 80.9 Å². The molecule has 10 heteroatoms. The molecule has 1 aliphatic heterocycles. The number of unbranched alkanes of at least 4 members (excludes halogenated alkanes) is 4. The first-order chi connectivity index (χ1) is 22.7. The van der Waals surface area contributed by atoms with Crippen LogP contribution in [0.2, 0.25) is 0 Å². The van der Waals surface area contributed by atoms with Crippen LogP contribution in [0.4, 0.5) is 0 Å². The number of hydrogen-bond acceptors (Lipinski definition) is 7. The van der Waals surface area contributed by atoms with E-state index in [0.717, 1.165) is 60.5 Å². The number of aliphatic hydroxyl groups is 1. The van der Waals surface area contributed by atoms with Crippen molar-refractivity contribution in [1.82, 2.24) is 10.2 Å². The second kappa shape index (κ2) is 18.1. The van der Waals surface area contributed by atoms with Crippen molar-refractivity contribution in [3.63, 3.8) is 0 Å². The molecule has 9 nitrogen and oxygen atoms in total. The van der Waals surface area contributed by atoms with E-state index in [9.17, 15) is 19.5 Å². The lowest BCUT2D eigenvalue weighted by atomic mass is 9.90. The number of likely N-dealkylation sites (N-methyl/N-ethyl adjacent to an activating group) is 1. The fourth-order valence-corrected chi connectivity index (χ4v) is 6.65. The van der Waals surface area contributed by atoms with Gasteiger partial charge < -0.3 is 29.5 Å². The van der Waals surface area contributed by atoms with Crippen LogP contribution in [-0.2, 0) is 30.2 Å². The van der Waals surface area contributed by atoms with Gasteiger partial charge in [-0.25, -0.2) is 4.79 Å². The Kier molecular flexibility index (Phi) is 14.3. The number of halogens is 1. The zero-order valence-electron chi connectivity index (χ0n) is 27.8. The molecule has 0 bridgehead atoms. The SMILES string of the molecule is CCCCCC1(CCCCC)O[C@@H]2[C@@H](C=C(C(=O)N(C)[C@H](Cc3ccccc3)C(=O)NCCO)C[C@H]2OC(=O)c2ccc(I)cc2)O1. The zero-order chi connectivity index (χ0) is 33.8. The smallest absolute Gasteiger partial charge is 0.338 e. The van der Waals surface area contributed by atoms with E-state index in [1.807, 2.05) is 48.5 Å². The number of nitrogens with zero attached hydrogens (tertiary/aromatic N) is 1. The van der Waals surface area contributed by atoms with Gasteiger partial charge in [-0.15, -0.1) is 0 Å². The molecule has 2 aromatic carbocycles. The Morgan fingerprint density at radius 2 is 1.66 bits per heavy atom. The van der Waals surface area contributed by atoms with E-state index in [1.54, 1.807) is 19.2 Å². The van der Waals surface area contributed by atoms with E-state index < -0.39 is 36.1 Å². The highest BCUT2D eigenvalue weighted by Crippen LogP contribution is 2.43. The molecule has 1 heterocycles. The highest BCUT2D eigenvalue weighted by molar-refractivity contribution is 14.1. The predicted molar refractivity (Wildman–Crippen MR) is 189 cm³/mol. The summed E-state index contributed by atoms with van der Waals surface area (Å²) < 4.78 is 20.6. The van der Waals surface area contributed by atoms with Gasteiger partial charge in [-0.3, -0.25) is 9.59 Å². The Labute approximate surface area is 292 Å². The third-order valence-electron chi connectivity index (χ3n) is 8.89. The van der Waals surface area contributed by atoms with Crippen LogP contribution < -0.4 is 5.32 Å². The second-order valence-electron chi connectivity index (χ2n) is 12.5. The topological polar surface area (TPSA) is 114 Å². The number of esters is 1. The molecule has 0 saturated carbocycles. The molecule has 256 valence electrons. The summed E-state index contributed by atoms with van der Waals surface area (Å²) in [5, 5.41) is 12.1. The van der Waals surface area contributed by atoms with Crippen molar-refractivity contribution < 1.29 is 33.7 Å². The molecule has 47 heavy (non-hydrogen) atoms. The first-order valence-corrected chi connectivity index (χ1v) is 18.0. The summed E-state index contributed by atoms with van der Waals surface area (Å²) in [5.41, 5.74) is 1.72. The van der Waals surface area contributed by atoms with E-state index in [0.29, 0.717) is 17.6 Å². The lowest BCUT2D eigenvalue weighted by molar-refractivity contribution is -0.190. The van der Waals surface area contributed by atoms with Gasteiger partial charge in [0.25, 0.3) is 0 Å². The zero-order valence-corrected chi connectivity index (χ0v) is 29.9. The predicted octanol–water partition coefficient (Wildman–Crippen LogP) is 5.97. The van der Waals surface area contributed by atoms with Crippen LogP contribution in [0.5, 0.6) is 0 Å². The molecule has 1 fully saturated rings. The molecule has 1 saturated heterocycles. The molecule has 2 aliphatic rings. The van der Waals surface area contributed by atoms with Crippen LogP contribution in [0.25, 0.3) is 0 Å². The number of benzene rings is 2.